The van der Waals surface area contributed by atoms with Crippen molar-refractivity contribution in [3.05, 3.63) is 29.6 Å². The number of rotatable bonds is 3. The first-order valence-electron chi connectivity index (χ1n) is 4.97. The minimum Gasteiger partial charge on any atom is -0.406 e. The molecule has 0 bridgehead atoms. The van der Waals surface area contributed by atoms with Crippen LogP contribution in [0.15, 0.2) is 18.2 Å². The number of nitrogens with two attached hydrogens (primary N) is 1. The molecule has 0 aromatic heterocycles. The zero-order valence-electron chi connectivity index (χ0n) is 9.47. The molecule has 0 radical (unpaired) electrons. The summed E-state index contributed by atoms with van der Waals surface area (Å²) in [6, 6.07) is -0.910. The first kappa shape index (κ1) is 16.5. The Kier molecular flexibility index (Phi) is 4.49. The Morgan fingerprint density at radius 1 is 1.10 bits per heavy atom. The van der Waals surface area contributed by atoms with Crippen molar-refractivity contribution in [2.75, 3.05) is 0 Å². The van der Waals surface area contributed by atoms with Gasteiger partial charge < -0.3 is 15.6 Å². The molecule has 0 fully saturated rings. The first-order chi connectivity index (χ1) is 8.92. The largest absolute Gasteiger partial charge is 0.573 e. The molecule has 1 rings (SSSR count). The molecule has 0 saturated carbocycles. The number of hydrogen-bond donors (Lipinski definition) is 2. The fraction of sp³-hybridized carbons (Fsp3) is 0.400. The van der Waals surface area contributed by atoms with Gasteiger partial charge in [-0.1, -0.05) is 0 Å². The Morgan fingerprint density at radius 3 is 2.10 bits per heavy atom. The van der Waals surface area contributed by atoms with Crippen LogP contribution in [0.4, 0.5) is 30.7 Å². The summed E-state index contributed by atoms with van der Waals surface area (Å²) >= 11 is 0. The molecule has 1 aromatic rings. The molecule has 0 amide bonds. The van der Waals surface area contributed by atoms with Crippen LogP contribution in [0.3, 0.4) is 0 Å². The monoisotopic (exact) mass is 307 g/mol. The highest BCUT2D eigenvalue weighted by Gasteiger charge is 2.43. The number of alkyl halides is 6. The van der Waals surface area contributed by atoms with E-state index in [1.165, 1.54) is 0 Å². The van der Waals surface area contributed by atoms with Gasteiger partial charge in [-0.25, -0.2) is 4.39 Å². The lowest BCUT2D eigenvalue weighted by molar-refractivity contribution is -0.274. The maximum absolute atomic E-state index is 13.3. The third-order valence-electron chi connectivity index (χ3n) is 2.24. The molecule has 10 heteroatoms. The van der Waals surface area contributed by atoms with Gasteiger partial charge in [0, 0.05) is 5.56 Å². The quantitative estimate of drug-likeness (QED) is 0.844. The molecule has 0 saturated heterocycles. The number of benzene rings is 1. The molecule has 3 N–H and O–H groups in total. The molecular weight excluding hydrogens is 299 g/mol. The van der Waals surface area contributed by atoms with Crippen molar-refractivity contribution in [3.8, 4) is 5.75 Å². The summed E-state index contributed by atoms with van der Waals surface area (Å²) in [6.07, 6.45) is -13.4. The van der Waals surface area contributed by atoms with E-state index in [0.29, 0.717) is 18.2 Å². The van der Waals surface area contributed by atoms with Crippen molar-refractivity contribution in [1.82, 2.24) is 0 Å². The molecule has 3 nitrogen and oxygen atoms in total. The molecule has 114 valence electrons. The standard InChI is InChI=1S/C10H8F7NO2/c11-6-2-1-4(20-10(15,16)17)3-5(6)7(18)8(19)9(12,13)14/h1-3,7-8,19H,18H2/t7-,8-/m1/s1. The number of hydrogen-bond acceptors (Lipinski definition) is 3. The fourth-order valence-electron chi connectivity index (χ4n) is 1.35. The van der Waals surface area contributed by atoms with Gasteiger partial charge >= 0.3 is 12.5 Å². The second-order valence-electron chi connectivity index (χ2n) is 3.74. The van der Waals surface area contributed by atoms with E-state index in [2.05, 4.69) is 4.74 Å². The highest BCUT2D eigenvalue weighted by Crippen LogP contribution is 2.32. The Balaban J connectivity index is 3.08. The van der Waals surface area contributed by atoms with Crippen LogP contribution < -0.4 is 10.5 Å². The molecule has 20 heavy (non-hydrogen) atoms. The van der Waals surface area contributed by atoms with Crippen molar-refractivity contribution < 1.29 is 40.6 Å². The number of halogens is 7. The van der Waals surface area contributed by atoms with Gasteiger partial charge in [0.1, 0.15) is 11.6 Å². The van der Waals surface area contributed by atoms with E-state index in [4.69, 9.17) is 10.8 Å². The van der Waals surface area contributed by atoms with E-state index in [-0.39, 0.29) is 0 Å². The second kappa shape index (κ2) is 5.44. The molecule has 0 heterocycles. The Hall–Kier alpha value is -1.55. The van der Waals surface area contributed by atoms with Gasteiger partial charge in [-0.3, -0.25) is 0 Å². The first-order valence-corrected chi connectivity index (χ1v) is 4.97. The van der Waals surface area contributed by atoms with Gasteiger partial charge in [0.2, 0.25) is 0 Å². The van der Waals surface area contributed by atoms with Gasteiger partial charge in [0.05, 0.1) is 6.04 Å². The summed E-state index contributed by atoms with van der Waals surface area (Å²) in [7, 11) is 0. The molecule has 2 atom stereocenters. The molecule has 1 aromatic carbocycles. The van der Waals surface area contributed by atoms with Gasteiger partial charge in [0.25, 0.3) is 0 Å². The number of ether oxygens (including phenoxy) is 1. The highest BCUT2D eigenvalue weighted by molar-refractivity contribution is 5.32. The van der Waals surface area contributed by atoms with Gasteiger partial charge in [-0.15, -0.1) is 13.2 Å². The van der Waals surface area contributed by atoms with Crippen LogP contribution in [-0.4, -0.2) is 23.7 Å². The normalized spacial score (nSPS) is 15.8. The van der Waals surface area contributed by atoms with Gasteiger partial charge in [-0.2, -0.15) is 13.2 Å². The molecule has 0 aliphatic carbocycles. The minimum absolute atomic E-state index is 0.350. The van der Waals surface area contributed by atoms with E-state index in [1.54, 1.807) is 0 Å². The number of aliphatic hydroxyl groups excluding tert-OH is 1. The van der Waals surface area contributed by atoms with Crippen LogP contribution in [0.2, 0.25) is 0 Å². The molecule has 0 aliphatic rings. The highest BCUT2D eigenvalue weighted by atomic mass is 19.4. The molecule has 0 spiro atoms. The van der Waals surface area contributed by atoms with E-state index >= 15 is 0 Å². The van der Waals surface area contributed by atoms with E-state index in [0.717, 1.165) is 0 Å². The second-order valence-corrected chi connectivity index (χ2v) is 3.74. The van der Waals surface area contributed by atoms with E-state index in [9.17, 15) is 30.7 Å². The van der Waals surface area contributed by atoms with Crippen molar-refractivity contribution in [3.63, 3.8) is 0 Å². The molecular formula is C10H8F7NO2. The Labute approximate surface area is 107 Å². The average Bonchev–Trinajstić information content (AvgIpc) is 2.26. The smallest absolute Gasteiger partial charge is 0.406 e. The van der Waals surface area contributed by atoms with Gasteiger partial charge in [0.15, 0.2) is 6.10 Å². The van der Waals surface area contributed by atoms with E-state index < -0.39 is 41.8 Å². The average molecular weight is 307 g/mol. The summed E-state index contributed by atoms with van der Waals surface area (Å²) in [5, 5.41) is 8.88. The summed E-state index contributed by atoms with van der Waals surface area (Å²) in [6.45, 7) is 0. The van der Waals surface area contributed by atoms with E-state index in [1.807, 2.05) is 0 Å². The van der Waals surface area contributed by atoms with Crippen molar-refractivity contribution >= 4 is 0 Å². The fourth-order valence-corrected chi connectivity index (χ4v) is 1.35. The summed E-state index contributed by atoms with van der Waals surface area (Å²) in [4.78, 5) is 0. The summed E-state index contributed by atoms with van der Waals surface area (Å²) in [5.74, 6) is -2.24. The predicted molar refractivity (Wildman–Crippen MR) is 52.1 cm³/mol. The van der Waals surface area contributed by atoms with Crippen molar-refractivity contribution in [2.45, 2.75) is 24.7 Å². The zero-order valence-corrected chi connectivity index (χ0v) is 9.47. The predicted octanol–water partition coefficient (Wildman–Crippen LogP) is 2.65. The lowest BCUT2D eigenvalue weighted by atomic mass is 10.0. The van der Waals surface area contributed by atoms with Crippen LogP contribution in [0.25, 0.3) is 0 Å². The molecule has 0 aliphatic heterocycles. The van der Waals surface area contributed by atoms with Crippen LogP contribution in [0.5, 0.6) is 5.75 Å². The Morgan fingerprint density at radius 2 is 1.65 bits per heavy atom. The third-order valence-corrected chi connectivity index (χ3v) is 2.24. The Bertz CT molecular complexity index is 472. The molecule has 0 unspecified atom stereocenters. The maximum Gasteiger partial charge on any atom is 0.573 e. The topological polar surface area (TPSA) is 55.5 Å². The van der Waals surface area contributed by atoms with Crippen LogP contribution in [0.1, 0.15) is 11.6 Å². The maximum atomic E-state index is 13.3. The minimum atomic E-state index is -5.15. The van der Waals surface area contributed by atoms with Crippen LogP contribution >= 0.6 is 0 Å². The number of aliphatic hydroxyl groups is 1. The van der Waals surface area contributed by atoms with Crippen LogP contribution in [-0.2, 0) is 0 Å². The summed E-state index contributed by atoms with van der Waals surface area (Å²) in [5.41, 5.74) is 4.06. The van der Waals surface area contributed by atoms with Gasteiger partial charge in [-0.05, 0) is 18.2 Å². The lowest BCUT2D eigenvalue weighted by Gasteiger charge is -2.22. The van der Waals surface area contributed by atoms with Crippen LogP contribution in [0, 0.1) is 5.82 Å². The van der Waals surface area contributed by atoms with Crippen molar-refractivity contribution in [1.29, 1.82) is 0 Å². The third kappa shape index (κ3) is 4.23. The lowest BCUT2D eigenvalue weighted by Crippen LogP contribution is -2.39. The SMILES string of the molecule is N[C@H](c1cc(OC(F)(F)F)ccc1F)[C@@H](O)C(F)(F)F. The summed E-state index contributed by atoms with van der Waals surface area (Å²) < 4.78 is 89.2. The zero-order chi connectivity index (χ0) is 15.7. The van der Waals surface area contributed by atoms with Crippen molar-refractivity contribution in [2.24, 2.45) is 5.73 Å².